The molecule has 1 aromatic heterocycles. The Labute approximate surface area is 109 Å². The maximum atomic E-state index is 5.99. The average molecular weight is 255 g/mol. The molecule has 104 valence electrons. The minimum Gasteiger partial charge on any atom is -0.370 e. The molecule has 0 radical (unpaired) electrons. The zero-order chi connectivity index (χ0) is 13.7. The van der Waals surface area contributed by atoms with Gasteiger partial charge in [0.1, 0.15) is 6.10 Å². The lowest BCUT2D eigenvalue weighted by Gasteiger charge is -2.17. The monoisotopic (exact) mass is 255 g/mol. The van der Waals surface area contributed by atoms with Crippen LogP contribution in [0.25, 0.3) is 0 Å². The number of rotatable bonds is 7. The van der Waals surface area contributed by atoms with E-state index in [1.165, 1.54) is 0 Å². The van der Waals surface area contributed by atoms with E-state index in [1.807, 2.05) is 13.8 Å². The molecule has 1 rings (SSSR count). The number of nitrogens with two attached hydrogens (primary N) is 1. The topological polar surface area (TPSA) is 74.2 Å². The molecule has 0 spiro atoms. The second kappa shape index (κ2) is 6.85. The number of aromatic nitrogens is 2. The summed E-state index contributed by atoms with van der Waals surface area (Å²) in [4.78, 5) is 4.44. The molecule has 1 aromatic rings. The van der Waals surface area contributed by atoms with Crippen LogP contribution in [0.15, 0.2) is 4.52 Å². The first-order valence-corrected chi connectivity index (χ1v) is 6.71. The van der Waals surface area contributed by atoms with Crippen molar-refractivity contribution in [3.8, 4) is 0 Å². The van der Waals surface area contributed by atoms with E-state index in [-0.39, 0.29) is 18.1 Å². The maximum Gasteiger partial charge on any atom is 0.231 e. The molecule has 5 nitrogen and oxygen atoms in total. The van der Waals surface area contributed by atoms with Crippen LogP contribution in [0, 0.1) is 5.92 Å². The summed E-state index contributed by atoms with van der Waals surface area (Å²) in [5.74, 6) is 1.61. The lowest BCUT2D eigenvalue weighted by Crippen LogP contribution is -2.25. The first kappa shape index (κ1) is 15.1. The Kier molecular flexibility index (Phi) is 5.75. The van der Waals surface area contributed by atoms with Crippen LogP contribution >= 0.6 is 0 Å². The van der Waals surface area contributed by atoms with Gasteiger partial charge in [-0.1, -0.05) is 32.9 Å². The Morgan fingerprint density at radius 2 is 1.94 bits per heavy atom. The van der Waals surface area contributed by atoms with E-state index in [0.29, 0.717) is 24.2 Å². The van der Waals surface area contributed by atoms with Gasteiger partial charge in [0, 0.05) is 12.6 Å². The van der Waals surface area contributed by atoms with Gasteiger partial charge in [0.15, 0.2) is 0 Å². The first-order valence-electron chi connectivity index (χ1n) is 6.71. The van der Waals surface area contributed by atoms with Gasteiger partial charge in [-0.05, 0) is 19.3 Å². The van der Waals surface area contributed by atoms with Crippen LogP contribution in [0.4, 0.5) is 0 Å². The molecule has 0 aliphatic heterocycles. The molecule has 0 aromatic carbocycles. The number of hydrogen-bond acceptors (Lipinski definition) is 5. The minimum atomic E-state index is -0.113. The van der Waals surface area contributed by atoms with E-state index in [9.17, 15) is 0 Å². The van der Waals surface area contributed by atoms with Crippen molar-refractivity contribution in [1.29, 1.82) is 0 Å². The summed E-state index contributed by atoms with van der Waals surface area (Å²) in [7, 11) is 0. The molecule has 1 heterocycles. The molecule has 0 saturated heterocycles. The molecule has 0 fully saturated rings. The smallest absolute Gasteiger partial charge is 0.231 e. The molecule has 0 aliphatic carbocycles. The zero-order valence-electron chi connectivity index (χ0n) is 12.0. The molecule has 0 aliphatic rings. The SMILES string of the molecule is CCOC(c1noc(C(C)C(N)CC)n1)C(C)C. The van der Waals surface area contributed by atoms with Crippen molar-refractivity contribution >= 4 is 0 Å². The summed E-state index contributed by atoms with van der Waals surface area (Å²) >= 11 is 0. The predicted molar refractivity (Wildman–Crippen MR) is 70.2 cm³/mol. The van der Waals surface area contributed by atoms with Crippen LogP contribution in [0.1, 0.15) is 64.8 Å². The van der Waals surface area contributed by atoms with Crippen LogP contribution in [0.3, 0.4) is 0 Å². The summed E-state index contributed by atoms with van der Waals surface area (Å²) in [5, 5.41) is 4.03. The van der Waals surface area contributed by atoms with Crippen molar-refractivity contribution in [2.75, 3.05) is 6.61 Å². The van der Waals surface area contributed by atoms with Crippen molar-refractivity contribution in [3.05, 3.63) is 11.7 Å². The molecule has 3 unspecified atom stereocenters. The highest BCUT2D eigenvalue weighted by molar-refractivity contribution is 4.99. The Hall–Kier alpha value is -0.940. The van der Waals surface area contributed by atoms with Gasteiger partial charge in [0.2, 0.25) is 11.7 Å². The first-order chi connectivity index (χ1) is 8.51. The highest BCUT2D eigenvalue weighted by atomic mass is 16.5. The van der Waals surface area contributed by atoms with Crippen LogP contribution in [0.5, 0.6) is 0 Å². The van der Waals surface area contributed by atoms with E-state index < -0.39 is 0 Å². The standard InChI is InChI=1S/C13H25N3O2/c1-6-10(14)9(5)13-15-12(16-18-13)11(8(3)4)17-7-2/h8-11H,6-7,14H2,1-5H3. The molecule has 0 saturated carbocycles. The van der Waals surface area contributed by atoms with Gasteiger partial charge in [-0.3, -0.25) is 0 Å². The molecule has 5 heteroatoms. The summed E-state index contributed by atoms with van der Waals surface area (Å²) in [6, 6.07) is 0.0443. The highest BCUT2D eigenvalue weighted by Crippen LogP contribution is 2.25. The third-order valence-corrected chi connectivity index (χ3v) is 3.17. The molecule has 0 amide bonds. The predicted octanol–water partition coefficient (Wildman–Crippen LogP) is 2.64. The van der Waals surface area contributed by atoms with E-state index >= 15 is 0 Å². The molecule has 3 atom stereocenters. The minimum absolute atomic E-state index is 0.0443. The summed E-state index contributed by atoms with van der Waals surface area (Å²) in [5.41, 5.74) is 5.99. The van der Waals surface area contributed by atoms with E-state index in [4.69, 9.17) is 15.0 Å². The van der Waals surface area contributed by atoms with Crippen molar-refractivity contribution in [3.63, 3.8) is 0 Å². The van der Waals surface area contributed by atoms with Crippen molar-refractivity contribution in [2.24, 2.45) is 11.7 Å². The second-order valence-electron chi connectivity index (χ2n) is 4.97. The molecule has 18 heavy (non-hydrogen) atoms. The third kappa shape index (κ3) is 3.53. The third-order valence-electron chi connectivity index (χ3n) is 3.17. The zero-order valence-corrected chi connectivity index (χ0v) is 12.0. The van der Waals surface area contributed by atoms with Crippen molar-refractivity contribution in [2.45, 2.75) is 59.1 Å². The maximum absolute atomic E-state index is 5.99. The lowest BCUT2D eigenvalue weighted by molar-refractivity contribution is 0.0217. The Morgan fingerprint density at radius 3 is 2.44 bits per heavy atom. The van der Waals surface area contributed by atoms with E-state index in [1.54, 1.807) is 0 Å². The molecule has 0 bridgehead atoms. The fourth-order valence-corrected chi connectivity index (χ4v) is 1.83. The fraction of sp³-hybridized carbons (Fsp3) is 0.846. The summed E-state index contributed by atoms with van der Waals surface area (Å²) < 4.78 is 11.0. The van der Waals surface area contributed by atoms with Gasteiger partial charge in [-0.15, -0.1) is 0 Å². The number of nitrogens with zero attached hydrogens (tertiary/aromatic N) is 2. The highest BCUT2D eigenvalue weighted by Gasteiger charge is 2.25. The summed E-state index contributed by atoms with van der Waals surface area (Å²) in [6.45, 7) is 10.8. The van der Waals surface area contributed by atoms with Crippen LogP contribution < -0.4 is 5.73 Å². The van der Waals surface area contributed by atoms with Crippen LogP contribution in [0.2, 0.25) is 0 Å². The van der Waals surface area contributed by atoms with Crippen molar-refractivity contribution in [1.82, 2.24) is 10.1 Å². The molecular formula is C13H25N3O2. The Balaban J connectivity index is 2.83. The van der Waals surface area contributed by atoms with Gasteiger partial charge in [-0.25, -0.2) is 0 Å². The van der Waals surface area contributed by atoms with Gasteiger partial charge in [0.05, 0.1) is 5.92 Å². The molecular weight excluding hydrogens is 230 g/mol. The van der Waals surface area contributed by atoms with Gasteiger partial charge in [0.25, 0.3) is 0 Å². The lowest BCUT2D eigenvalue weighted by atomic mass is 10.0. The number of hydrogen-bond donors (Lipinski definition) is 1. The Bertz CT molecular complexity index is 352. The molecule has 2 N–H and O–H groups in total. The largest absolute Gasteiger partial charge is 0.370 e. The van der Waals surface area contributed by atoms with Crippen molar-refractivity contribution < 1.29 is 9.26 Å². The van der Waals surface area contributed by atoms with E-state index in [0.717, 1.165) is 6.42 Å². The average Bonchev–Trinajstić information content (AvgIpc) is 2.82. The van der Waals surface area contributed by atoms with Gasteiger partial charge in [-0.2, -0.15) is 4.98 Å². The number of ether oxygens (including phenoxy) is 1. The van der Waals surface area contributed by atoms with E-state index in [2.05, 4.69) is 30.9 Å². The summed E-state index contributed by atoms with van der Waals surface area (Å²) in [6.07, 6.45) is 0.773. The fourth-order valence-electron chi connectivity index (χ4n) is 1.83. The Morgan fingerprint density at radius 1 is 1.28 bits per heavy atom. The second-order valence-corrected chi connectivity index (χ2v) is 4.97. The van der Waals surface area contributed by atoms with Crippen LogP contribution in [-0.2, 0) is 4.74 Å². The van der Waals surface area contributed by atoms with Gasteiger partial charge >= 0.3 is 0 Å². The normalized spacial score (nSPS) is 16.8. The van der Waals surface area contributed by atoms with Crippen LogP contribution in [-0.4, -0.2) is 22.8 Å². The van der Waals surface area contributed by atoms with Gasteiger partial charge < -0.3 is 15.0 Å². The quantitative estimate of drug-likeness (QED) is 0.810.